The SMILES string of the molecule is CCCCCCCNCCSSCCN. The van der Waals surface area contributed by atoms with E-state index in [1.807, 2.05) is 21.6 Å². The van der Waals surface area contributed by atoms with Gasteiger partial charge in [-0.1, -0.05) is 54.2 Å². The van der Waals surface area contributed by atoms with Crippen molar-refractivity contribution in [2.24, 2.45) is 5.73 Å². The fourth-order valence-electron chi connectivity index (χ4n) is 1.26. The molecule has 0 bridgehead atoms. The van der Waals surface area contributed by atoms with Crippen molar-refractivity contribution in [3.05, 3.63) is 0 Å². The van der Waals surface area contributed by atoms with Gasteiger partial charge in [-0.2, -0.15) is 0 Å². The molecule has 92 valence electrons. The molecule has 0 aromatic heterocycles. The molecule has 0 fully saturated rings. The highest BCUT2D eigenvalue weighted by Crippen LogP contribution is 2.18. The van der Waals surface area contributed by atoms with Gasteiger partial charge in [-0.3, -0.25) is 0 Å². The van der Waals surface area contributed by atoms with Gasteiger partial charge in [-0.05, 0) is 13.0 Å². The molecule has 0 rings (SSSR count). The Bertz CT molecular complexity index is 101. The minimum Gasteiger partial charge on any atom is -0.330 e. The van der Waals surface area contributed by atoms with Crippen LogP contribution in [0.15, 0.2) is 0 Å². The summed E-state index contributed by atoms with van der Waals surface area (Å²) in [5, 5.41) is 3.47. The van der Waals surface area contributed by atoms with Gasteiger partial charge in [0.2, 0.25) is 0 Å². The fraction of sp³-hybridized carbons (Fsp3) is 1.00. The molecule has 0 aliphatic rings. The summed E-state index contributed by atoms with van der Waals surface area (Å²) in [4.78, 5) is 0. The number of hydrogen-bond acceptors (Lipinski definition) is 4. The lowest BCUT2D eigenvalue weighted by Gasteiger charge is -2.04. The quantitative estimate of drug-likeness (QED) is 0.413. The Morgan fingerprint density at radius 2 is 1.67 bits per heavy atom. The van der Waals surface area contributed by atoms with Crippen LogP contribution in [0.5, 0.6) is 0 Å². The van der Waals surface area contributed by atoms with Crippen molar-refractivity contribution in [1.29, 1.82) is 0 Å². The van der Waals surface area contributed by atoms with Crippen LogP contribution in [0.25, 0.3) is 0 Å². The van der Waals surface area contributed by atoms with E-state index in [0.29, 0.717) is 0 Å². The van der Waals surface area contributed by atoms with E-state index in [1.165, 1.54) is 44.4 Å². The van der Waals surface area contributed by atoms with Gasteiger partial charge in [-0.25, -0.2) is 0 Å². The molecule has 0 atom stereocenters. The first kappa shape index (κ1) is 15.6. The van der Waals surface area contributed by atoms with Gasteiger partial charge in [0, 0.05) is 24.6 Å². The van der Waals surface area contributed by atoms with Crippen LogP contribution in [0.4, 0.5) is 0 Å². The minimum atomic E-state index is 0.794. The Hall–Kier alpha value is 0.620. The maximum Gasteiger partial charge on any atom is 0.0162 e. The topological polar surface area (TPSA) is 38.0 Å². The normalized spacial score (nSPS) is 10.8. The average molecular weight is 250 g/mol. The summed E-state index contributed by atoms with van der Waals surface area (Å²) >= 11 is 0. The highest BCUT2D eigenvalue weighted by molar-refractivity contribution is 8.76. The highest BCUT2D eigenvalue weighted by Gasteiger charge is 1.91. The third-order valence-electron chi connectivity index (χ3n) is 2.10. The van der Waals surface area contributed by atoms with Gasteiger partial charge in [0.25, 0.3) is 0 Å². The second-order valence-corrected chi connectivity index (χ2v) is 6.30. The van der Waals surface area contributed by atoms with Crippen LogP contribution >= 0.6 is 21.6 Å². The Kier molecular flexibility index (Phi) is 15.2. The van der Waals surface area contributed by atoms with E-state index in [-0.39, 0.29) is 0 Å². The molecule has 15 heavy (non-hydrogen) atoms. The van der Waals surface area contributed by atoms with Crippen LogP contribution < -0.4 is 11.1 Å². The maximum atomic E-state index is 5.40. The van der Waals surface area contributed by atoms with Crippen LogP contribution in [0.2, 0.25) is 0 Å². The number of rotatable bonds is 12. The lowest BCUT2D eigenvalue weighted by atomic mass is 10.1. The van der Waals surface area contributed by atoms with E-state index in [4.69, 9.17) is 5.73 Å². The first-order chi connectivity index (χ1) is 7.41. The predicted octanol–water partition coefficient (Wildman–Crippen LogP) is 2.89. The van der Waals surface area contributed by atoms with Crippen LogP contribution in [-0.4, -0.2) is 31.1 Å². The maximum absolute atomic E-state index is 5.40. The molecule has 0 unspecified atom stereocenters. The molecule has 0 saturated carbocycles. The standard InChI is InChI=1S/C11H26N2S2/c1-2-3-4-5-6-8-13-9-11-15-14-10-7-12/h13H,2-12H2,1H3. The predicted molar refractivity (Wildman–Crippen MR) is 75.6 cm³/mol. The summed E-state index contributed by atoms with van der Waals surface area (Å²) < 4.78 is 0. The van der Waals surface area contributed by atoms with Gasteiger partial charge >= 0.3 is 0 Å². The van der Waals surface area contributed by atoms with Crippen LogP contribution in [0.3, 0.4) is 0 Å². The lowest BCUT2D eigenvalue weighted by Crippen LogP contribution is -2.18. The van der Waals surface area contributed by atoms with Gasteiger partial charge in [0.15, 0.2) is 0 Å². The monoisotopic (exact) mass is 250 g/mol. The van der Waals surface area contributed by atoms with Crippen molar-refractivity contribution >= 4 is 21.6 Å². The van der Waals surface area contributed by atoms with E-state index < -0.39 is 0 Å². The summed E-state index contributed by atoms with van der Waals surface area (Å²) in [5.74, 6) is 2.27. The molecule has 0 aliphatic heterocycles. The number of nitrogens with two attached hydrogens (primary N) is 1. The third kappa shape index (κ3) is 14.6. The van der Waals surface area contributed by atoms with E-state index >= 15 is 0 Å². The zero-order valence-electron chi connectivity index (χ0n) is 9.96. The van der Waals surface area contributed by atoms with Gasteiger partial charge in [0.1, 0.15) is 0 Å². The minimum absolute atomic E-state index is 0.794. The molecule has 0 aliphatic carbocycles. The first-order valence-corrected chi connectivity index (χ1v) is 8.55. The fourth-order valence-corrected chi connectivity index (χ4v) is 3.06. The van der Waals surface area contributed by atoms with Gasteiger partial charge in [0.05, 0.1) is 0 Å². The Balaban J connectivity index is 2.81. The smallest absolute Gasteiger partial charge is 0.0162 e. The average Bonchev–Trinajstić information content (AvgIpc) is 2.26. The summed E-state index contributed by atoms with van der Waals surface area (Å²) in [6.07, 6.45) is 6.85. The van der Waals surface area contributed by atoms with Crippen molar-refractivity contribution in [1.82, 2.24) is 5.32 Å². The summed E-state index contributed by atoms with van der Waals surface area (Å²) in [7, 11) is 3.80. The molecule has 0 spiro atoms. The summed E-state index contributed by atoms with van der Waals surface area (Å²) in [6.45, 7) is 5.37. The van der Waals surface area contributed by atoms with E-state index in [1.54, 1.807) is 0 Å². The van der Waals surface area contributed by atoms with Gasteiger partial charge < -0.3 is 11.1 Å². The molecule has 3 N–H and O–H groups in total. The zero-order valence-corrected chi connectivity index (χ0v) is 11.6. The van der Waals surface area contributed by atoms with Crippen molar-refractivity contribution in [3.8, 4) is 0 Å². The molecule has 0 aromatic rings. The molecular weight excluding hydrogens is 224 g/mol. The highest BCUT2D eigenvalue weighted by atomic mass is 33.1. The number of nitrogens with one attached hydrogen (secondary N) is 1. The first-order valence-electron chi connectivity index (χ1n) is 6.07. The van der Waals surface area contributed by atoms with Crippen molar-refractivity contribution in [2.75, 3.05) is 31.1 Å². The van der Waals surface area contributed by atoms with Crippen LogP contribution in [0, 0.1) is 0 Å². The summed E-state index contributed by atoms with van der Waals surface area (Å²) in [6, 6.07) is 0. The number of hydrogen-bond donors (Lipinski definition) is 2. The van der Waals surface area contributed by atoms with E-state index in [2.05, 4.69) is 12.2 Å². The van der Waals surface area contributed by atoms with E-state index in [0.717, 1.165) is 18.8 Å². The van der Waals surface area contributed by atoms with Gasteiger partial charge in [-0.15, -0.1) is 0 Å². The molecule has 0 amide bonds. The van der Waals surface area contributed by atoms with E-state index in [9.17, 15) is 0 Å². The third-order valence-corrected chi connectivity index (χ3v) is 4.54. The van der Waals surface area contributed by atoms with Crippen molar-refractivity contribution in [2.45, 2.75) is 39.0 Å². The molecule has 4 heteroatoms. The molecular formula is C11H26N2S2. The Morgan fingerprint density at radius 1 is 0.933 bits per heavy atom. The molecule has 2 nitrogen and oxygen atoms in total. The Morgan fingerprint density at radius 3 is 2.40 bits per heavy atom. The second kappa shape index (κ2) is 14.6. The van der Waals surface area contributed by atoms with Crippen LogP contribution in [-0.2, 0) is 0 Å². The molecule has 0 radical (unpaired) electrons. The molecule has 0 heterocycles. The summed E-state index contributed by atoms with van der Waals surface area (Å²) in [5.41, 5.74) is 5.40. The van der Waals surface area contributed by atoms with Crippen molar-refractivity contribution < 1.29 is 0 Å². The largest absolute Gasteiger partial charge is 0.330 e. The lowest BCUT2D eigenvalue weighted by molar-refractivity contribution is 0.595. The molecule has 0 saturated heterocycles. The van der Waals surface area contributed by atoms with Crippen molar-refractivity contribution in [3.63, 3.8) is 0 Å². The number of unbranched alkanes of at least 4 members (excludes halogenated alkanes) is 4. The molecule has 0 aromatic carbocycles. The zero-order chi connectivity index (χ0) is 11.2. The second-order valence-electron chi connectivity index (χ2n) is 3.60. The Labute approximate surface area is 103 Å². The van der Waals surface area contributed by atoms with Crippen LogP contribution in [0.1, 0.15) is 39.0 Å².